The SMILES string of the molecule is Cc1c(C#CCN)cccc1C(=O)NCC(C)(C)C(C)C. The van der Waals surface area contributed by atoms with Crippen LogP contribution in [0.1, 0.15) is 49.2 Å². The van der Waals surface area contributed by atoms with Crippen LogP contribution in [0.15, 0.2) is 18.2 Å². The highest BCUT2D eigenvalue weighted by molar-refractivity contribution is 5.96. The average molecular weight is 286 g/mol. The summed E-state index contributed by atoms with van der Waals surface area (Å²) in [6, 6.07) is 5.60. The van der Waals surface area contributed by atoms with Crippen LogP contribution in [0.4, 0.5) is 0 Å². The molecule has 3 N–H and O–H groups in total. The van der Waals surface area contributed by atoms with E-state index < -0.39 is 0 Å². The molecule has 0 aliphatic rings. The van der Waals surface area contributed by atoms with E-state index in [1.165, 1.54) is 0 Å². The van der Waals surface area contributed by atoms with Crippen molar-refractivity contribution in [1.82, 2.24) is 5.32 Å². The van der Waals surface area contributed by atoms with Crippen LogP contribution < -0.4 is 11.1 Å². The molecule has 0 radical (unpaired) electrons. The first kappa shape index (κ1) is 17.3. The van der Waals surface area contributed by atoms with Crippen molar-refractivity contribution in [1.29, 1.82) is 0 Å². The van der Waals surface area contributed by atoms with Crippen molar-refractivity contribution < 1.29 is 4.79 Å². The normalized spacial score (nSPS) is 11.0. The first-order valence-corrected chi connectivity index (χ1v) is 7.36. The van der Waals surface area contributed by atoms with E-state index in [-0.39, 0.29) is 11.3 Å². The molecule has 0 heterocycles. The molecule has 0 aromatic heterocycles. The predicted molar refractivity (Wildman–Crippen MR) is 88.1 cm³/mol. The lowest BCUT2D eigenvalue weighted by molar-refractivity contribution is 0.0924. The van der Waals surface area contributed by atoms with Crippen LogP contribution in [0.3, 0.4) is 0 Å². The second-order valence-electron chi connectivity index (χ2n) is 6.31. The average Bonchev–Trinajstić information content (AvgIpc) is 2.43. The Hall–Kier alpha value is -1.79. The molecule has 0 bridgehead atoms. The lowest BCUT2D eigenvalue weighted by Gasteiger charge is -2.29. The molecule has 3 nitrogen and oxygen atoms in total. The largest absolute Gasteiger partial charge is 0.351 e. The van der Waals surface area contributed by atoms with Gasteiger partial charge in [-0.05, 0) is 36.0 Å². The Morgan fingerprint density at radius 1 is 1.38 bits per heavy atom. The maximum atomic E-state index is 12.4. The summed E-state index contributed by atoms with van der Waals surface area (Å²) in [5, 5.41) is 3.03. The van der Waals surface area contributed by atoms with Crippen molar-refractivity contribution in [3.05, 3.63) is 34.9 Å². The summed E-state index contributed by atoms with van der Waals surface area (Å²) in [5.74, 6) is 6.29. The van der Waals surface area contributed by atoms with Crippen LogP contribution in [0.5, 0.6) is 0 Å². The number of hydrogen-bond donors (Lipinski definition) is 2. The molecule has 0 spiro atoms. The summed E-state index contributed by atoms with van der Waals surface area (Å²) in [7, 11) is 0. The molecule has 0 unspecified atom stereocenters. The Labute approximate surface area is 128 Å². The minimum Gasteiger partial charge on any atom is -0.351 e. The molecule has 114 valence electrons. The number of carbonyl (C=O) groups excluding carboxylic acids is 1. The highest BCUT2D eigenvalue weighted by Gasteiger charge is 2.23. The fraction of sp³-hybridized carbons (Fsp3) is 0.500. The highest BCUT2D eigenvalue weighted by Crippen LogP contribution is 2.25. The lowest BCUT2D eigenvalue weighted by atomic mass is 9.81. The molecule has 1 aromatic carbocycles. The van der Waals surface area contributed by atoms with E-state index in [4.69, 9.17) is 5.73 Å². The van der Waals surface area contributed by atoms with E-state index in [9.17, 15) is 4.79 Å². The predicted octanol–water partition coefficient (Wildman–Crippen LogP) is 2.72. The van der Waals surface area contributed by atoms with Crippen molar-refractivity contribution in [3.8, 4) is 11.8 Å². The van der Waals surface area contributed by atoms with Gasteiger partial charge in [-0.2, -0.15) is 0 Å². The molecule has 1 rings (SSSR count). The highest BCUT2D eigenvalue weighted by atomic mass is 16.1. The zero-order valence-corrected chi connectivity index (χ0v) is 13.7. The molecule has 0 saturated carbocycles. The number of carbonyl (C=O) groups is 1. The molecule has 0 saturated heterocycles. The van der Waals surface area contributed by atoms with Gasteiger partial charge in [0, 0.05) is 17.7 Å². The molecule has 0 fully saturated rings. The van der Waals surface area contributed by atoms with Crippen molar-refractivity contribution in [2.45, 2.75) is 34.6 Å². The van der Waals surface area contributed by atoms with Crippen LogP contribution in [-0.2, 0) is 0 Å². The minimum absolute atomic E-state index is 0.0439. The summed E-state index contributed by atoms with van der Waals surface area (Å²) in [5.41, 5.74) is 7.90. The third kappa shape index (κ3) is 4.61. The summed E-state index contributed by atoms with van der Waals surface area (Å²) >= 11 is 0. The van der Waals surface area contributed by atoms with Crippen LogP contribution in [-0.4, -0.2) is 19.0 Å². The van der Waals surface area contributed by atoms with E-state index in [0.29, 0.717) is 24.6 Å². The van der Waals surface area contributed by atoms with Crippen LogP contribution in [0.2, 0.25) is 0 Å². The second-order valence-corrected chi connectivity index (χ2v) is 6.31. The zero-order chi connectivity index (χ0) is 16.0. The summed E-state index contributed by atoms with van der Waals surface area (Å²) in [6.07, 6.45) is 0. The van der Waals surface area contributed by atoms with Crippen LogP contribution >= 0.6 is 0 Å². The number of rotatable bonds is 4. The zero-order valence-electron chi connectivity index (χ0n) is 13.7. The molecule has 0 atom stereocenters. The molecule has 1 amide bonds. The maximum Gasteiger partial charge on any atom is 0.251 e. The molecule has 0 aliphatic heterocycles. The standard InChI is InChI=1S/C18H26N2O/c1-13(2)18(4,5)12-20-17(21)16-10-6-8-15(14(16)3)9-7-11-19/h6,8,10,13H,11-12,19H2,1-5H3,(H,20,21). The quantitative estimate of drug-likeness (QED) is 0.836. The van der Waals surface area contributed by atoms with Gasteiger partial charge < -0.3 is 11.1 Å². The topological polar surface area (TPSA) is 55.1 Å². The number of nitrogens with one attached hydrogen (secondary N) is 1. The monoisotopic (exact) mass is 286 g/mol. The molecule has 21 heavy (non-hydrogen) atoms. The van der Waals surface area contributed by atoms with Gasteiger partial charge in [0.2, 0.25) is 0 Å². The van der Waals surface area contributed by atoms with Gasteiger partial charge in [0.25, 0.3) is 5.91 Å². The number of hydrogen-bond acceptors (Lipinski definition) is 2. The van der Waals surface area contributed by atoms with Gasteiger partial charge in [-0.25, -0.2) is 0 Å². The van der Waals surface area contributed by atoms with Gasteiger partial charge in [-0.1, -0.05) is 45.6 Å². The number of amides is 1. The molecule has 3 heteroatoms. The van der Waals surface area contributed by atoms with E-state index in [0.717, 1.165) is 11.1 Å². The lowest BCUT2D eigenvalue weighted by Crippen LogP contribution is -2.37. The van der Waals surface area contributed by atoms with Crippen molar-refractivity contribution in [2.24, 2.45) is 17.1 Å². The molecule has 0 aliphatic carbocycles. The Balaban J connectivity index is 2.89. The first-order chi connectivity index (χ1) is 9.79. The van der Waals surface area contributed by atoms with Crippen molar-refractivity contribution in [2.75, 3.05) is 13.1 Å². The Kier molecular flexibility index (Phi) is 5.99. The van der Waals surface area contributed by atoms with E-state index in [2.05, 4.69) is 44.9 Å². The van der Waals surface area contributed by atoms with E-state index >= 15 is 0 Å². The van der Waals surface area contributed by atoms with Gasteiger partial charge in [0.05, 0.1) is 6.54 Å². The molecular weight excluding hydrogens is 260 g/mol. The smallest absolute Gasteiger partial charge is 0.251 e. The van der Waals surface area contributed by atoms with Crippen molar-refractivity contribution >= 4 is 5.91 Å². The van der Waals surface area contributed by atoms with Gasteiger partial charge in [-0.15, -0.1) is 0 Å². The van der Waals surface area contributed by atoms with E-state index in [1.54, 1.807) is 0 Å². The van der Waals surface area contributed by atoms with Gasteiger partial charge >= 0.3 is 0 Å². The first-order valence-electron chi connectivity index (χ1n) is 7.36. The Morgan fingerprint density at radius 3 is 2.62 bits per heavy atom. The van der Waals surface area contributed by atoms with Gasteiger partial charge in [0.1, 0.15) is 0 Å². The molecule has 1 aromatic rings. The van der Waals surface area contributed by atoms with Gasteiger partial charge in [0.15, 0.2) is 0 Å². The number of benzene rings is 1. The fourth-order valence-electron chi connectivity index (χ4n) is 1.77. The minimum atomic E-state index is -0.0439. The Bertz CT molecular complexity index is 562. The van der Waals surface area contributed by atoms with Crippen molar-refractivity contribution in [3.63, 3.8) is 0 Å². The third-order valence-electron chi connectivity index (χ3n) is 4.17. The summed E-state index contributed by atoms with van der Waals surface area (Å²) in [6.45, 7) is 11.5. The number of nitrogens with two attached hydrogens (primary N) is 1. The fourth-order valence-corrected chi connectivity index (χ4v) is 1.77. The van der Waals surface area contributed by atoms with Crippen LogP contribution in [0, 0.1) is 30.1 Å². The maximum absolute atomic E-state index is 12.4. The van der Waals surface area contributed by atoms with E-state index in [1.807, 2.05) is 25.1 Å². The van der Waals surface area contributed by atoms with Gasteiger partial charge in [-0.3, -0.25) is 4.79 Å². The van der Waals surface area contributed by atoms with Crippen LogP contribution in [0.25, 0.3) is 0 Å². The third-order valence-corrected chi connectivity index (χ3v) is 4.17. The summed E-state index contributed by atoms with van der Waals surface area (Å²) < 4.78 is 0. The summed E-state index contributed by atoms with van der Waals surface area (Å²) in [4.78, 5) is 12.4. The Morgan fingerprint density at radius 2 is 2.05 bits per heavy atom. The second kappa shape index (κ2) is 7.28. The molecular formula is C18H26N2O.